The van der Waals surface area contributed by atoms with Crippen LogP contribution in [0.4, 0.5) is 11.9 Å². The van der Waals surface area contributed by atoms with Gasteiger partial charge in [-0.05, 0) is 0 Å². The summed E-state index contributed by atoms with van der Waals surface area (Å²) < 4.78 is 2.53. The molecule has 14 heavy (non-hydrogen) atoms. The van der Waals surface area contributed by atoms with Gasteiger partial charge in [0.25, 0.3) is 11.6 Å². The molecule has 0 aliphatic carbocycles. The summed E-state index contributed by atoms with van der Waals surface area (Å²) in [6.45, 7) is 0. The second-order valence-electron chi connectivity index (χ2n) is 2.52. The molecule has 0 atom stereocenters. The van der Waals surface area contributed by atoms with E-state index in [0.29, 0.717) is 0 Å². The highest BCUT2D eigenvalue weighted by atomic mass is 15.7. The number of hydrogen-bond acceptors (Lipinski definition) is 8. The van der Waals surface area contributed by atoms with Crippen molar-refractivity contribution in [3.05, 3.63) is 0 Å². The maximum Gasteiger partial charge on any atom is 0.291 e. The molecule has 0 unspecified atom stereocenters. The molecule has 3 rings (SSSR count). The fraction of sp³-hybridized carbons (Fsp3) is 0. The van der Waals surface area contributed by atoms with Crippen LogP contribution in [0.25, 0.3) is 11.6 Å². The van der Waals surface area contributed by atoms with Crippen LogP contribution in [0.5, 0.6) is 0 Å². The molecule has 0 amide bonds. The van der Waals surface area contributed by atoms with Gasteiger partial charge in [-0.3, -0.25) is 0 Å². The summed E-state index contributed by atoms with van der Waals surface area (Å²) in [6, 6.07) is 0. The van der Waals surface area contributed by atoms with Gasteiger partial charge in [0.15, 0.2) is 0 Å². The molecule has 0 radical (unpaired) electrons. The zero-order chi connectivity index (χ0) is 9.71. The molecule has 0 fully saturated rings. The van der Waals surface area contributed by atoms with Crippen molar-refractivity contribution >= 4 is 23.5 Å². The summed E-state index contributed by atoms with van der Waals surface area (Å²) in [5.41, 5.74) is 10.8. The lowest BCUT2D eigenvalue weighted by molar-refractivity contribution is 0.641. The molecule has 70 valence electrons. The predicted octanol–water partition coefficient (Wildman–Crippen LogP) is -2.27. The van der Waals surface area contributed by atoms with E-state index in [2.05, 4.69) is 30.4 Å². The number of anilines is 2. The summed E-state index contributed by atoms with van der Waals surface area (Å²) in [6.07, 6.45) is 0. The summed E-state index contributed by atoms with van der Waals surface area (Å²) in [7, 11) is 0. The summed E-state index contributed by atoms with van der Waals surface area (Å²) in [4.78, 5) is 7.60. The van der Waals surface area contributed by atoms with Gasteiger partial charge < -0.3 is 11.5 Å². The minimum Gasteiger partial charge on any atom is -0.366 e. The maximum absolute atomic E-state index is 5.38. The first kappa shape index (κ1) is 6.94. The van der Waals surface area contributed by atoms with Crippen molar-refractivity contribution in [1.29, 1.82) is 0 Å². The van der Waals surface area contributed by atoms with Gasteiger partial charge in [0.2, 0.25) is 11.9 Å². The molecule has 0 saturated heterocycles. The zero-order valence-electron chi connectivity index (χ0n) is 6.73. The highest BCUT2D eigenvalue weighted by molar-refractivity contribution is 5.36. The van der Waals surface area contributed by atoms with E-state index in [9.17, 15) is 0 Å². The van der Waals surface area contributed by atoms with E-state index in [1.165, 1.54) is 9.26 Å². The van der Waals surface area contributed by atoms with Gasteiger partial charge in [0.05, 0.1) is 0 Å². The van der Waals surface area contributed by atoms with Crippen molar-refractivity contribution in [2.24, 2.45) is 0 Å². The number of rotatable bonds is 0. The average Bonchev–Trinajstić information content (AvgIpc) is 2.65. The Morgan fingerprint density at radius 1 is 0.786 bits per heavy atom. The highest BCUT2D eigenvalue weighted by Gasteiger charge is 2.09. The topological polar surface area (TPSA) is 138 Å². The Morgan fingerprint density at radius 2 is 1.21 bits per heavy atom. The van der Waals surface area contributed by atoms with Gasteiger partial charge in [-0.15, -0.1) is 29.7 Å². The SMILES string of the molecule is Nc1nc2nnc3nc(N)nn3n2n1. The van der Waals surface area contributed by atoms with E-state index in [0.717, 1.165) is 0 Å². The van der Waals surface area contributed by atoms with Crippen molar-refractivity contribution in [3.8, 4) is 0 Å². The molecule has 0 bridgehead atoms. The smallest absolute Gasteiger partial charge is 0.291 e. The van der Waals surface area contributed by atoms with Crippen LogP contribution in [-0.2, 0) is 0 Å². The molecule has 10 nitrogen and oxygen atoms in total. The standard InChI is InChI=1S/C4H4N10/c5-1-7-3-9-10-4-8-2(6)12-14(4)13(3)11-1/h(H2,5,11)(H2,6,12). The van der Waals surface area contributed by atoms with Crippen LogP contribution in [0.15, 0.2) is 0 Å². The fourth-order valence-electron chi connectivity index (χ4n) is 1.09. The quantitative estimate of drug-likeness (QED) is 0.406. The Kier molecular flexibility index (Phi) is 1.01. The van der Waals surface area contributed by atoms with Crippen LogP contribution in [-0.4, -0.2) is 39.6 Å². The van der Waals surface area contributed by atoms with E-state index in [-0.39, 0.29) is 23.5 Å². The lowest BCUT2D eigenvalue weighted by Crippen LogP contribution is -2.07. The van der Waals surface area contributed by atoms with Crippen LogP contribution >= 0.6 is 0 Å². The molecule has 0 aliphatic rings. The normalized spacial score (nSPS) is 11.4. The van der Waals surface area contributed by atoms with Crippen LogP contribution in [0.2, 0.25) is 0 Å². The summed E-state index contributed by atoms with van der Waals surface area (Å²) in [5.74, 6) is 0.640. The van der Waals surface area contributed by atoms with E-state index >= 15 is 0 Å². The zero-order valence-corrected chi connectivity index (χ0v) is 6.73. The second-order valence-corrected chi connectivity index (χ2v) is 2.52. The van der Waals surface area contributed by atoms with Crippen LogP contribution in [0, 0.1) is 0 Å². The van der Waals surface area contributed by atoms with Crippen LogP contribution in [0.3, 0.4) is 0 Å². The molecule has 0 aromatic carbocycles. The maximum atomic E-state index is 5.38. The molecule has 3 aromatic heterocycles. The Morgan fingerprint density at radius 3 is 1.64 bits per heavy atom. The molecule has 3 heterocycles. The monoisotopic (exact) mass is 192 g/mol. The molecule has 3 aromatic rings. The highest BCUT2D eigenvalue weighted by Crippen LogP contribution is 2.00. The first-order chi connectivity index (χ1) is 6.74. The lowest BCUT2D eigenvalue weighted by atomic mass is 11.0. The Bertz CT molecular complexity index is 562. The molecule has 0 saturated carbocycles. The third kappa shape index (κ3) is 0.734. The Labute approximate surface area is 75.5 Å². The third-order valence-corrected chi connectivity index (χ3v) is 1.59. The van der Waals surface area contributed by atoms with Crippen molar-refractivity contribution in [1.82, 2.24) is 39.6 Å². The van der Waals surface area contributed by atoms with Crippen molar-refractivity contribution in [2.75, 3.05) is 11.5 Å². The number of aromatic nitrogens is 8. The van der Waals surface area contributed by atoms with Gasteiger partial charge in [-0.2, -0.15) is 9.97 Å². The summed E-state index contributed by atoms with van der Waals surface area (Å²) in [5, 5.41) is 15.1. The molecule has 0 spiro atoms. The number of nitrogens with two attached hydrogens (primary N) is 2. The minimum atomic E-state index is 0.0841. The van der Waals surface area contributed by atoms with E-state index in [4.69, 9.17) is 11.5 Å². The largest absolute Gasteiger partial charge is 0.366 e. The third-order valence-electron chi connectivity index (χ3n) is 1.59. The number of fused-ring (bicyclic) bond motifs is 3. The predicted molar refractivity (Wildman–Crippen MR) is 43.9 cm³/mol. The Balaban J connectivity index is 2.58. The van der Waals surface area contributed by atoms with Crippen molar-refractivity contribution < 1.29 is 0 Å². The van der Waals surface area contributed by atoms with E-state index in [1.807, 2.05) is 0 Å². The minimum absolute atomic E-state index is 0.0841. The number of nitrogen functional groups attached to an aromatic ring is 2. The molecule has 4 N–H and O–H groups in total. The van der Waals surface area contributed by atoms with Crippen LogP contribution in [0.1, 0.15) is 0 Å². The molecule has 10 heteroatoms. The van der Waals surface area contributed by atoms with Gasteiger partial charge in [0, 0.05) is 0 Å². The first-order valence-corrected chi connectivity index (χ1v) is 3.61. The Hall–Kier alpha value is -2.52. The molecular weight excluding hydrogens is 188 g/mol. The van der Waals surface area contributed by atoms with Gasteiger partial charge in [-0.25, -0.2) is 0 Å². The molecule has 0 aliphatic heterocycles. The summed E-state index contributed by atoms with van der Waals surface area (Å²) >= 11 is 0. The van der Waals surface area contributed by atoms with Crippen molar-refractivity contribution in [2.45, 2.75) is 0 Å². The number of hydrogen-bond donors (Lipinski definition) is 2. The average molecular weight is 192 g/mol. The van der Waals surface area contributed by atoms with Gasteiger partial charge in [0.1, 0.15) is 0 Å². The van der Waals surface area contributed by atoms with E-state index < -0.39 is 0 Å². The molecular formula is C4H4N10. The van der Waals surface area contributed by atoms with Gasteiger partial charge >= 0.3 is 0 Å². The fourth-order valence-corrected chi connectivity index (χ4v) is 1.09. The lowest BCUT2D eigenvalue weighted by Gasteiger charge is -1.90. The number of nitrogens with zero attached hydrogens (tertiary/aromatic N) is 8. The second kappa shape index (κ2) is 2.04. The first-order valence-electron chi connectivity index (χ1n) is 3.61. The van der Waals surface area contributed by atoms with Crippen molar-refractivity contribution in [3.63, 3.8) is 0 Å². The van der Waals surface area contributed by atoms with E-state index in [1.54, 1.807) is 0 Å². The van der Waals surface area contributed by atoms with Crippen LogP contribution < -0.4 is 11.5 Å². The van der Waals surface area contributed by atoms with Gasteiger partial charge in [-0.1, -0.05) is 0 Å².